The van der Waals surface area contributed by atoms with Crippen LogP contribution in [0.25, 0.3) is 0 Å². The fourth-order valence-corrected chi connectivity index (χ4v) is 3.55. The molecule has 0 bridgehead atoms. The van der Waals surface area contributed by atoms with Crippen molar-refractivity contribution in [3.8, 4) is 17.2 Å². The molecule has 1 aliphatic heterocycles. The summed E-state index contributed by atoms with van der Waals surface area (Å²) in [5, 5.41) is 12.1. The number of methoxy groups -OCH3 is 1. The lowest BCUT2D eigenvalue weighted by Gasteiger charge is -2.16. The lowest BCUT2D eigenvalue weighted by molar-refractivity contribution is -0.139. The van der Waals surface area contributed by atoms with Crippen LogP contribution < -0.4 is 14.8 Å². The molecule has 33 heavy (non-hydrogen) atoms. The first kappa shape index (κ1) is 21.9. The van der Waals surface area contributed by atoms with E-state index in [1.54, 1.807) is 55.6 Å². The number of benzene rings is 3. The van der Waals surface area contributed by atoms with Crippen LogP contribution >= 0.6 is 0 Å². The standard InChI is InChI=1S/C25H22N2O6/c1-32-21-4-2-3-5-22(21)33-19-12-10-18(11-13-19)26-20-14-23(28)27(24(20)29)15-16-6-8-17(9-7-16)25(30)31/h2-13,20,26H,14-15H2,1H3,(H,30,31). The maximum atomic E-state index is 12.8. The molecule has 1 saturated heterocycles. The molecule has 1 aliphatic rings. The number of nitrogens with one attached hydrogen (secondary N) is 1. The van der Waals surface area contributed by atoms with Crippen molar-refractivity contribution in [1.82, 2.24) is 4.90 Å². The number of anilines is 1. The molecule has 1 atom stereocenters. The van der Waals surface area contributed by atoms with Gasteiger partial charge in [-0.15, -0.1) is 0 Å². The predicted octanol–water partition coefficient (Wildman–Crippen LogP) is 3.93. The molecule has 168 valence electrons. The van der Waals surface area contributed by atoms with E-state index in [1.165, 1.54) is 17.0 Å². The second kappa shape index (κ2) is 9.44. The molecule has 0 aliphatic carbocycles. The molecule has 8 nitrogen and oxygen atoms in total. The number of hydrogen-bond donors (Lipinski definition) is 2. The molecule has 0 spiro atoms. The van der Waals surface area contributed by atoms with Gasteiger partial charge in [-0.05, 0) is 54.1 Å². The van der Waals surface area contributed by atoms with Gasteiger partial charge in [0, 0.05) is 5.69 Å². The van der Waals surface area contributed by atoms with Gasteiger partial charge in [-0.3, -0.25) is 14.5 Å². The van der Waals surface area contributed by atoms with Crippen LogP contribution in [0.15, 0.2) is 72.8 Å². The first-order valence-electron chi connectivity index (χ1n) is 10.3. The second-order valence-electron chi connectivity index (χ2n) is 7.50. The van der Waals surface area contributed by atoms with Crippen molar-refractivity contribution in [1.29, 1.82) is 0 Å². The zero-order valence-electron chi connectivity index (χ0n) is 17.9. The molecule has 0 saturated carbocycles. The summed E-state index contributed by atoms with van der Waals surface area (Å²) < 4.78 is 11.1. The van der Waals surface area contributed by atoms with Crippen LogP contribution in [-0.2, 0) is 16.1 Å². The molecule has 4 rings (SSSR count). The van der Waals surface area contributed by atoms with Crippen molar-refractivity contribution in [3.05, 3.63) is 83.9 Å². The number of carboxylic acid groups (broad SMARTS) is 1. The fourth-order valence-electron chi connectivity index (χ4n) is 3.55. The highest BCUT2D eigenvalue weighted by molar-refractivity contribution is 6.06. The normalized spacial score (nSPS) is 15.4. The molecule has 1 fully saturated rings. The number of likely N-dealkylation sites (tertiary alicyclic amines) is 1. The lowest BCUT2D eigenvalue weighted by Crippen LogP contribution is -2.34. The zero-order valence-corrected chi connectivity index (χ0v) is 17.9. The van der Waals surface area contributed by atoms with Crippen LogP contribution in [0.1, 0.15) is 22.3 Å². The van der Waals surface area contributed by atoms with Crippen molar-refractivity contribution in [2.45, 2.75) is 19.0 Å². The first-order chi connectivity index (χ1) is 15.9. The van der Waals surface area contributed by atoms with E-state index in [0.717, 1.165) is 0 Å². The largest absolute Gasteiger partial charge is 0.493 e. The molecule has 0 aromatic heterocycles. The summed E-state index contributed by atoms with van der Waals surface area (Å²) in [7, 11) is 1.57. The Morgan fingerprint density at radius 1 is 1.00 bits per heavy atom. The summed E-state index contributed by atoms with van der Waals surface area (Å²) in [5.74, 6) is 0.174. The average molecular weight is 446 g/mol. The minimum atomic E-state index is -1.03. The molecule has 1 unspecified atom stereocenters. The Hall–Kier alpha value is -4.33. The summed E-state index contributed by atoms with van der Waals surface area (Å²) in [4.78, 5) is 37.4. The third-order valence-corrected chi connectivity index (χ3v) is 5.28. The van der Waals surface area contributed by atoms with E-state index in [9.17, 15) is 14.4 Å². The number of imide groups is 1. The van der Waals surface area contributed by atoms with Crippen molar-refractivity contribution in [2.24, 2.45) is 0 Å². The van der Waals surface area contributed by atoms with Gasteiger partial charge in [-0.2, -0.15) is 0 Å². The number of para-hydroxylation sites is 2. The van der Waals surface area contributed by atoms with Gasteiger partial charge in [-0.1, -0.05) is 24.3 Å². The molecule has 0 radical (unpaired) electrons. The van der Waals surface area contributed by atoms with E-state index in [0.29, 0.717) is 28.5 Å². The Kier molecular flexibility index (Phi) is 6.26. The summed E-state index contributed by atoms with van der Waals surface area (Å²) in [6.07, 6.45) is 0.0471. The van der Waals surface area contributed by atoms with E-state index in [-0.39, 0.29) is 30.3 Å². The molecule has 8 heteroatoms. The Morgan fingerprint density at radius 3 is 2.30 bits per heavy atom. The number of carbonyl (C=O) groups is 3. The number of aromatic carboxylic acids is 1. The highest BCUT2D eigenvalue weighted by Gasteiger charge is 2.38. The number of nitrogens with zero attached hydrogens (tertiary/aromatic N) is 1. The number of carbonyl (C=O) groups excluding carboxylic acids is 2. The monoisotopic (exact) mass is 446 g/mol. The number of hydrogen-bond acceptors (Lipinski definition) is 6. The first-order valence-corrected chi connectivity index (χ1v) is 10.3. The second-order valence-corrected chi connectivity index (χ2v) is 7.50. The lowest BCUT2D eigenvalue weighted by atomic mass is 10.1. The van der Waals surface area contributed by atoms with Gasteiger partial charge < -0.3 is 19.9 Å². The van der Waals surface area contributed by atoms with E-state index in [2.05, 4.69) is 5.32 Å². The highest BCUT2D eigenvalue weighted by atomic mass is 16.5. The molecule has 2 N–H and O–H groups in total. The smallest absolute Gasteiger partial charge is 0.335 e. The van der Waals surface area contributed by atoms with Crippen LogP contribution in [-0.4, -0.2) is 40.9 Å². The SMILES string of the molecule is COc1ccccc1Oc1ccc(NC2CC(=O)N(Cc3ccc(C(=O)O)cc3)C2=O)cc1. The van der Waals surface area contributed by atoms with Gasteiger partial charge in [0.1, 0.15) is 11.8 Å². The Labute approximate surface area is 190 Å². The fraction of sp³-hybridized carbons (Fsp3) is 0.160. The number of carboxylic acids is 1. The Bertz CT molecular complexity index is 1170. The van der Waals surface area contributed by atoms with Crippen LogP contribution in [0.3, 0.4) is 0 Å². The summed E-state index contributed by atoms with van der Waals surface area (Å²) >= 11 is 0. The van der Waals surface area contributed by atoms with Gasteiger partial charge in [0.05, 0.1) is 25.6 Å². The van der Waals surface area contributed by atoms with E-state index in [1.807, 2.05) is 12.1 Å². The van der Waals surface area contributed by atoms with Crippen molar-refractivity contribution in [2.75, 3.05) is 12.4 Å². The molecular formula is C25H22N2O6. The molecule has 3 aromatic rings. The van der Waals surface area contributed by atoms with E-state index in [4.69, 9.17) is 14.6 Å². The van der Waals surface area contributed by atoms with Gasteiger partial charge in [0.25, 0.3) is 5.91 Å². The van der Waals surface area contributed by atoms with Crippen LogP contribution in [0.4, 0.5) is 5.69 Å². The van der Waals surface area contributed by atoms with Gasteiger partial charge in [0.15, 0.2) is 11.5 Å². The van der Waals surface area contributed by atoms with Crippen molar-refractivity contribution in [3.63, 3.8) is 0 Å². The van der Waals surface area contributed by atoms with Gasteiger partial charge in [-0.25, -0.2) is 4.79 Å². The molecule has 2 amide bonds. The van der Waals surface area contributed by atoms with Crippen LogP contribution in [0, 0.1) is 0 Å². The van der Waals surface area contributed by atoms with Crippen molar-refractivity contribution >= 4 is 23.5 Å². The van der Waals surface area contributed by atoms with Crippen LogP contribution in [0.5, 0.6) is 17.2 Å². The number of ether oxygens (including phenoxy) is 2. The number of rotatable bonds is 8. The third-order valence-electron chi connectivity index (χ3n) is 5.28. The maximum absolute atomic E-state index is 12.8. The van der Waals surface area contributed by atoms with Gasteiger partial charge >= 0.3 is 5.97 Å². The Balaban J connectivity index is 1.38. The quantitative estimate of drug-likeness (QED) is 0.505. The highest BCUT2D eigenvalue weighted by Crippen LogP contribution is 2.31. The van der Waals surface area contributed by atoms with E-state index < -0.39 is 12.0 Å². The molecular weight excluding hydrogens is 424 g/mol. The minimum absolute atomic E-state index is 0.0471. The average Bonchev–Trinajstić information content (AvgIpc) is 3.08. The van der Waals surface area contributed by atoms with Gasteiger partial charge in [0.2, 0.25) is 5.91 Å². The minimum Gasteiger partial charge on any atom is -0.493 e. The summed E-state index contributed by atoms with van der Waals surface area (Å²) in [6.45, 7) is 0.0986. The predicted molar refractivity (Wildman–Crippen MR) is 120 cm³/mol. The summed E-state index contributed by atoms with van der Waals surface area (Å²) in [5.41, 5.74) is 1.51. The third kappa shape index (κ3) is 4.95. The van der Waals surface area contributed by atoms with Crippen molar-refractivity contribution < 1.29 is 29.0 Å². The zero-order chi connectivity index (χ0) is 23.4. The summed E-state index contributed by atoms with van der Waals surface area (Å²) in [6, 6.07) is 19.8. The number of amides is 2. The maximum Gasteiger partial charge on any atom is 0.335 e. The molecule has 1 heterocycles. The Morgan fingerprint density at radius 2 is 1.67 bits per heavy atom. The van der Waals surface area contributed by atoms with E-state index >= 15 is 0 Å². The van der Waals surface area contributed by atoms with Crippen LogP contribution in [0.2, 0.25) is 0 Å². The molecule has 3 aromatic carbocycles. The topological polar surface area (TPSA) is 105 Å².